The third-order valence-corrected chi connectivity index (χ3v) is 4.18. The molecule has 0 bridgehead atoms. The molecule has 0 spiro atoms. The fourth-order valence-electron chi connectivity index (χ4n) is 1.17. The molecule has 0 unspecified atom stereocenters. The highest BCUT2D eigenvalue weighted by molar-refractivity contribution is 7.53. The largest absolute Gasteiger partial charge is 0.331 e. The van der Waals surface area contributed by atoms with Gasteiger partial charge in [-0.1, -0.05) is 20.8 Å². The van der Waals surface area contributed by atoms with Gasteiger partial charge < -0.3 is 9.05 Å². The van der Waals surface area contributed by atoms with Gasteiger partial charge in [0.1, 0.15) is 5.78 Å². The first kappa shape index (κ1) is 15.8. The zero-order chi connectivity index (χ0) is 12.8. The van der Waals surface area contributed by atoms with Crippen molar-refractivity contribution < 1.29 is 18.4 Å². The van der Waals surface area contributed by atoms with Crippen LogP contribution in [0.1, 0.15) is 41.0 Å². The van der Waals surface area contributed by atoms with E-state index in [1.54, 1.807) is 13.8 Å². The Morgan fingerprint density at radius 2 is 1.56 bits per heavy atom. The van der Waals surface area contributed by atoms with E-state index in [-0.39, 0.29) is 18.4 Å². The van der Waals surface area contributed by atoms with Crippen molar-refractivity contribution in [3.05, 3.63) is 0 Å². The second kappa shape index (κ2) is 6.53. The minimum Gasteiger partial charge on any atom is -0.309 e. The van der Waals surface area contributed by atoms with Crippen LogP contribution < -0.4 is 0 Å². The van der Waals surface area contributed by atoms with E-state index in [1.807, 2.05) is 20.8 Å². The Labute approximate surface area is 98.2 Å². The van der Waals surface area contributed by atoms with Crippen molar-refractivity contribution in [1.82, 2.24) is 0 Å². The molecule has 5 heteroatoms. The summed E-state index contributed by atoms with van der Waals surface area (Å²) in [5.74, 6) is 0.0760. The lowest BCUT2D eigenvalue weighted by atomic mass is 9.89. The summed E-state index contributed by atoms with van der Waals surface area (Å²) in [6.45, 7) is 9.74. The number of Topliss-reactive ketones (excluding diaryl/α,β-unsaturated/α-hetero) is 1. The van der Waals surface area contributed by atoms with Crippen molar-refractivity contribution in [1.29, 1.82) is 0 Å². The quantitative estimate of drug-likeness (QED) is 0.651. The summed E-state index contributed by atoms with van der Waals surface area (Å²) in [5, 5.41) is 0. The topological polar surface area (TPSA) is 52.6 Å². The van der Waals surface area contributed by atoms with Crippen LogP contribution in [0, 0.1) is 5.41 Å². The first-order chi connectivity index (χ1) is 7.25. The normalized spacial score (nSPS) is 12.8. The average molecular weight is 250 g/mol. The molecule has 0 atom stereocenters. The Morgan fingerprint density at radius 1 is 1.12 bits per heavy atom. The molecule has 16 heavy (non-hydrogen) atoms. The Balaban J connectivity index is 4.33. The van der Waals surface area contributed by atoms with Gasteiger partial charge in [0.25, 0.3) is 0 Å². The molecular formula is C11H23O4P. The highest BCUT2D eigenvalue weighted by Crippen LogP contribution is 2.48. The maximum Gasteiger partial charge on any atom is 0.331 e. The highest BCUT2D eigenvalue weighted by Gasteiger charge is 2.28. The van der Waals surface area contributed by atoms with Gasteiger partial charge in [0.15, 0.2) is 0 Å². The van der Waals surface area contributed by atoms with Crippen LogP contribution in [0.3, 0.4) is 0 Å². The molecule has 0 saturated carbocycles. The second-order valence-corrected chi connectivity index (χ2v) is 6.78. The molecule has 0 aromatic carbocycles. The van der Waals surface area contributed by atoms with Crippen LogP contribution >= 0.6 is 7.60 Å². The molecule has 0 radical (unpaired) electrons. The first-order valence-corrected chi connectivity index (χ1v) is 7.39. The molecule has 0 aromatic heterocycles. The van der Waals surface area contributed by atoms with Crippen molar-refractivity contribution in [3.63, 3.8) is 0 Å². The summed E-state index contributed by atoms with van der Waals surface area (Å²) in [4.78, 5) is 11.7. The maximum atomic E-state index is 12.0. The second-order valence-electron chi connectivity index (χ2n) is 4.59. The van der Waals surface area contributed by atoms with E-state index in [0.717, 1.165) is 0 Å². The number of carbonyl (C=O) groups is 1. The Kier molecular flexibility index (Phi) is 6.46. The smallest absolute Gasteiger partial charge is 0.309 e. The molecule has 0 aromatic rings. The molecule has 0 aliphatic carbocycles. The van der Waals surface area contributed by atoms with E-state index in [1.165, 1.54) is 0 Å². The number of ketones is 1. The number of hydrogen-bond donors (Lipinski definition) is 0. The molecule has 96 valence electrons. The Bertz CT molecular complexity index is 258. The van der Waals surface area contributed by atoms with Crippen molar-refractivity contribution >= 4 is 13.4 Å². The lowest BCUT2D eigenvalue weighted by Gasteiger charge is -2.20. The van der Waals surface area contributed by atoms with Gasteiger partial charge in [0.2, 0.25) is 0 Å². The van der Waals surface area contributed by atoms with Gasteiger partial charge in [-0.05, 0) is 13.8 Å². The maximum absolute atomic E-state index is 12.0. The van der Waals surface area contributed by atoms with E-state index in [4.69, 9.17) is 9.05 Å². The summed E-state index contributed by atoms with van der Waals surface area (Å²) in [6.07, 6.45) is 0.408. The van der Waals surface area contributed by atoms with Crippen LogP contribution in [0.15, 0.2) is 0 Å². The molecule has 0 saturated heterocycles. The number of carbonyl (C=O) groups excluding carboxylic acids is 1. The van der Waals surface area contributed by atoms with E-state index < -0.39 is 13.0 Å². The number of hydrogen-bond acceptors (Lipinski definition) is 4. The van der Waals surface area contributed by atoms with Gasteiger partial charge in [-0.2, -0.15) is 0 Å². The lowest BCUT2D eigenvalue weighted by Crippen LogP contribution is -2.21. The summed E-state index contributed by atoms with van der Waals surface area (Å²) in [5.41, 5.74) is -0.400. The van der Waals surface area contributed by atoms with E-state index in [2.05, 4.69) is 0 Å². The van der Waals surface area contributed by atoms with Crippen molar-refractivity contribution in [2.45, 2.75) is 41.0 Å². The van der Waals surface area contributed by atoms with Crippen LogP contribution in [0.5, 0.6) is 0 Å². The first-order valence-electron chi connectivity index (χ1n) is 5.66. The van der Waals surface area contributed by atoms with Crippen LogP contribution in [0.25, 0.3) is 0 Å². The molecule has 0 heterocycles. The van der Waals surface area contributed by atoms with Crippen molar-refractivity contribution in [2.75, 3.05) is 19.4 Å². The average Bonchev–Trinajstić information content (AvgIpc) is 2.13. The zero-order valence-corrected chi connectivity index (χ0v) is 11.8. The molecule has 0 N–H and O–H groups in total. The standard InChI is InChI=1S/C11H23O4P/c1-6-14-16(13,15-7-2)9-8-10(12)11(3,4)5/h6-9H2,1-5H3. The molecule has 4 nitrogen and oxygen atoms in total. The summed E-state index contributed by atoms with van der Waals surface area (Å²) >= 11 is 0. The predicted molar refractivity (Wildman–Crippen MR) is 64.8 cm³/mol. The van der Waals surface area contributed by atoms with E-state index >= 15 is 0 Å². The van der Waals surface area contributed by atoms with Gasteiger partial charge in [-0.3, -0.25) is 9.36 Å². The minimum absolute atomic E-state index is 0.0760. The third-order valence-electron chi connectivity index (χ3n) is 2.10. The van der Waals surface area contributed by atoms with Crippen LogP contribution in [-0.4, -0.2) is 25.2 Å². The molecule has 0 rings (SSSR count). The fourth-order valence-corrected chi connectivity index (χ4v) is 2.77. The van der Waals surface area contributed by atoms with E-state index in [9.17, 15) is 9.36 Å². The number of rotatable bonds is 7. The molecule has 0 fully saturated rings. The van der Waals surface area contributed by atoms with Crippen LogP contribution in [-0.2, 0) is 18.4 Å². The van der Waals surface area contributed by atoms with Gasteiger partial charge in [-0.25, -0.2) is 0 Å². The van der Waals surface area contributed by atoms with Crippen molar-refractivity contribution in [3.8, 4) is 0 Å². The Morgan fingerprint density at radius 3 is 1.88 bits per heavy atom. The molecule has 0 aliphatic rings. The summed E-state index contributed by atoms with van der Waals surface area (Å²) in [7, 11) is -3.06. The molecule has 0 amide bonds. The molecule has 0 aliphatic heterocycles. The molecular weight excluding hydrogens is 227 g/mol. The summed E-state index contributed by atoms with van der Waals surface area (Å²) in [6, 6.07) is 0. The monoisotopic (exact) mass is 250 g/mol. The minimum atomic E-state index is -3.06. The summed E-state index contributed by atoms with van der Waals surface area (Å²) < 4.78 is 22.3. The SMILES string of the molecule is CCOP(=O)(CCC(=O)C(C)(C)C)OCC. The van der Waals surface area contributed by atoms with Gasteiger partial charge >= 0.3 is 7.60 Å². The van der Waals surface area contributed by atoms with E-state index in [0.29, 0.717) is 13.2 Å². The van der Waals surface area contributed by atoms with Gasteiger partial charge in [0, 0.05) is 11.8 Å². The van der Waals surface area contributed by atoms with Gasteiger partial charge in [0.05, 0.1) is 19.4 Å². The Hall–Kier alpha value is -0.180. The zero-order valence-electron chi connectivity index (χ0n) is 10.9. The van der Waals surface area contributed by atoms with Crippen LogP contribution in [0.2, 0.25) is 0 Å². The van der Waals surface area contributed by atoms with Crippen molar-refractivity contribution in [2.24, 2.45) is 5.41 Å². The third kappa shape index (κ3) is 5.78. The lowest BCUT2D eigenvalue weighted by molar-refractivity contribution is -0.125. The highest BCUT2D eigenvalue weighted by atomic mass is 31.2. The van der Waals surface area contributed by atoms with Gasteiger partial charge in [-0.15, -0.1) is 0 Å². The predicted octanol–water partition coefficient (Wildman–Crippen LogP) is 3.26. The van der Waals surface area contributed by atoms with Crippen LogP contribution in [0.4, 0.5) is 0 Å². The fraction of sp³-hybridized carbons (Fsp3) is 0.909.